The Morgan fingerprint density at radius 2 is 1.69 bits per heavy atom. The fourth-order valence-electron chi connectivity index (χ4n) is 1.24. The van der Waals surface area contributed by atoms with Gasteiger partial charge in [-0.25, -0.2) is 0 Å². The van der Waals surface area contributed by atoms with E-state index in [9.17, 15) is 0 Å². The Morgan fingerprint density at radius 3 is 2.31 bits per heavy atom. The molecule has 2 heteroatoms. The van der Waals surface area contributed by atoms with Gasteiger partial charge in [-0.05, 0) is 19.1 Å². The van der Waals surface area contributed by atoms with E-state index in [2.05, 4.69) is 6.92 Å². The Bertz CT molecular complexity index is 94.1. The van der Waals surface area contributed by atoms with E-state index >= 15 is 0 Å². The van der Waals surface area contributed by atoms with Crippen molar-refractivity contribution in [3.05, 3.63) is 0 Å². The summed E-state index contributed by atoms with van der Waals surface area (Å²) >= 11 is 1.88. The Hall–Kier alpha value is 0.310. The van der Waals surface area contributed by atoms with Gasteiger partial charge in [0.15, 0.2) is 0 Å². The van der Waals surface area contributed by atoms with Crippen LogP contribution < -0.4 is 0 Å². The monoisotopic (exact) mass is 204 g/mol. The fraction of sp³-hybridized carbons (Fsp3) is 1.00. The van der Waals surface area contributed by atoms with Crippen molar-refractivity contribution >= 4 is 11.8 Å². The van der Waals surface area contributed by atoms with Crippen LogP contribution in [0.4, 0.5) is 0 Å². The molecule has 0 amide bonds. The van der Waals surface area contributed by atoms with Crippen LogP contribution in [0.3, 0.4) is 0 Å². The number of hydrogen-bond acceptors (Lipinski definition) is 2. The second kappa shape index (κ2) is 10.4. The molecule has 0 saturated heterocycles. The first-order valence-corrected chi connectivity index (χ1v) is 6.68. The van der Waals surface area contributed by atoms with Gasteiger partial charge < -0.3 is 5.11 Å². The molecule has 0 fully saturated rings. The normalized spacial score (nSPS) is 13.2. The third kappa shape index (κ3) is 12.3. The quantitative estimate of drug-likeness (QED) is 0.580. The van der Waals surface area contributed by atoms with E-state index in [4.69, 9.17) is 5.11 Å². The van der Waals surface area contributed by atoms with Crippen molar-refractivity contribution in [1.82, 2.24) is 0 Å². The largest absolute Gasteiger partial charge is 0.393 e. The Morgan fingerprint density at radius 1 is 1.08 bits per heavy atom. The van der Waals surface area contributed by atoms with E-state index < -0.39 is 0 Å². The zero-order valence-corrected chi connectivity index (χ0v) is 9.91. The van der Waals surface area contributed by atoms with Crippen molar-refractivity contribution in [3.63, 3.8) is 0 Å². The fourth-order valence-corrected chi connectivity index (χ4v) is 2.15. The minimum Gasteiger partial charge on any atom is -0.393 e. The standard InChI is InChI=1S/C11H24OS/c1-3-4-5-6-7-8-9-13-10-11(2)12/h11-12H,3-10H2,1-2H3. The average molecular weight is 204 g/mol. The van der Waals surface area contributed by atoms with Crippen LogP contribution in [0.5, 0.6) is 0 Å². The SMILES string of the molecule is CCCCCCCCSCC(C)O. The topological polar surface area (TPSA) is 20.2 Å². The van der Waals surface area contributed by atoms with Gasteiger partial charge in [0.05, 0.1) is 6.10 Å². The molecule has 0 heterocycles. The number of unbranched alkanes of at least 4 members (excludes halogenated alkanes) is 5. The molecule has 0 saturated carbocycles. The molecule has 0 aliphatic heterocycles. The Labute approximate surface area is 87.3 Å². The maximum Gasteiger partial charge on any atom is 0.0602 e. The zero-order chi connectivity index (χ0) is 9.94. The smallest absolute Gasteiger partial charge is 0.0602 e. The van der Waals surface area contributed by atoms with Crippen molar-refractivity contribution in [1.29, 1.82) is 0 Å². The molecule has 1 nitrogen and oxygen atoms in total. The Kier molecular flexibility index (Phi) is 10.6. The maximum atomic E-state index is 9.00. The lowest BCUT2D eigenvalue weighted by Gasteiger charge is -2.03. The van der Waals surface area contributed by atoms with Gasteiger partial charge in [-0.15, -0.1) is 0 Å². The van der Waals surface area contributed by atoms with E-state index in [1.165, 1.54) is 44.3 Å². The molecule has 0 bridgehead atoms. The first-order valence-electron chi connectivity index (χ1n) is 5.53. The summed E-state index contributed by atoms with van der Waals surface area (Å²) in [4.78, 5) is 0. The molecular formula is C11H24OS. The van der Waals surface area contributed by atoms with Crippen LogP contribution in [0.25, 0.3) is 0 Å². The number of aliphatic hydroxyl groups is 1. The first-order chi connectivity index (χ1) is 6.27. The third-order valence-corrected chi connectivity index (χ3v) is 3.30. The molecule has 0 aliphatic rings. The van der Waals surface area contributed by atoms with Gasteiger partial charge in [-0.2, -0.15) is 11.8 Å². The number of aliphatic hydroxyl groups excluding tert-OH is 1. The van der Waals surface area contributed by atoms with Crippen molar-refractivity contribution in [2.45, 2.75) is 58.5 Å². The van der Waals surface area contributed by atoms with Crippen LogP contribution in [0.15, 0.2) is 0 Å². The predicted molar refractivity (Wildman–Crippen MR) is 62.4 cm³/mol. The lowest BCUT2D eigenvalue weighted by atomic mass is 10.1. The summed E-state index contributed by atoms with van der Waals surface area (Å²) in [7, 11) is 0. The second-order valence-electron chi connectivity index (χ2n) is 3.69. The summed E-state index contributed by atoms with van der Waals surface area (Å²) in [6, 6.07) is 0. The van der Waals surface area contributed by atoms with E-state index in [1.54, 1.807) is 0 Å². The third-order valence-electron chi connectivity index (χ3n) is 2.00. The van der Waals surface area contributed by atoms with Gasteiger partial charge in [-0.3, -0.25) is 0 Å². The van der Waals surface area contributed by atoms with Gasteiger partial charge in [0.1, 0.15) is 0 Å². The molecule has 13 heavy (non-hydrogen) atoms. The predicted octanol–water partition coefficient (Wildman–Crippen LogP) is 3.46. The average Bonchev–Trinajstić information content (AvgIpc) is 2.09. The van der Waals surface area contributed by atoms with Crippen molar-refractivity contribution in [3.8, 4) is 0 Å². The minimum absolute atomic E-state index is 0.134. The van der Waals surface area contributed by atoms with Crippen LogP contribution in [-0.2, 0) is 0 Å². The molecule has 0 rings (SSSR count). The van der Waals surface area contributed by atoms with Crippen molar-refractivity contribution in [2.75, 3.05) is 11.5 Å². The van der Waals surface area contributed by atoms with E-state index in [0.717, 1.165) is 5.75 Å². The molecule has 1 N–H and O–H groups in total. The van der Waals surface area contributed by atoms with Gasteiger partial charge in [-0.1, -0.05) is 39.0 Å². The summed E-state index contributed by atoms with van der Waals surface area (Å²) in [6.45, 7) is 4.10. The zero-order valence-electron chi connectivity index (χ0n) is 9.09. The van der Waals surface area contributed by atoms with Crippen molar-refractivity contribution in [2.24, 2.45) is 0 Å². The van der Waals surface area contributed by atoms with Crippen LogP contribution in [0.1, 0.15) is 52.4 Å². The molecule has 0 aromatic rings. The molecule has 0 spiro atoms. The summed E-state index contributed by atoms with van der Waals surface area (Å²) < 4.78 is 0. The molecule has 1 unspecified atom stereocenters. The lowest BCUT2D eigenvalue weighted by molar-refractivity contribution is 0.220. The highest BCUT2D eigenvalue weighted by Gasteiger charge is 1.95. The van der Waals surface area contributed by atoms with Crippen LogP contribution >= 0.6 is 11.8 Å². The maximum absolute atomic E-state index is 9.00. The molecule has 1 atom stereocenters. The van der Waals surface area contributed by atoms with Crippen molar-refractivity contribution < 1.29 is 5.11 Å². The molecule has 80 valence electrons. The highest BCUT2D eigenvalue weighted by Crippen LogP contribution is 2.10. The van der Waals surface area contributed by atoms with E-state index in [1.807, 2.05) is 18.7 Å². The summed E-state index contributed by atoms with van der Waals surface area (Å²) in [6.07, 6.45) is 8.07. The molecule has 0 radical (unpaired) electrons. The Balaban J connectivity index is 2.84. The van der Waals surface area contributed by atoms with E-state index in [0.29, 0.717) is 0 Å². The summed E-state index contributed by atoms with van der Waals surface area (Å²) in [5, 5.41) is 9.00. The van der Waals surface area contributed by atoms with Gasteiger partial charge in [0.25, 0.3) is 0 Å². The molecular weight excluding hydrogens is 180 g/mol. The number of hydrogen-bond donors (Lipinski definition) is 1. The van der Waals surface area contributed by atoms with Crippen LogP contribution in [0, 0.1) is 0 Å². The summed E-state index contributed by atoms with van der Waals surface area (Å²) in [5.74, 6) is 2.12. The van der Waals surface area contributed by atoms with Gasteiger partial charge >= 0.3 is 0 Å². The summed E-state index contributed by atoms with van der Waals surface area (Å²) in [5.41, 5.74) is 0. The van der Waals surface area contributed by atoms with Gasteiger partial charge in [0, 0.05) is 5.75 Å². The number of thioether (sulfide) groups is 1. The second-order valence-corrected chi connectivity index (χ2v) is 4.84. The number of rotatable bonds is 9. The van der Waals surface area contributed by atoms with Crippen LogP contribution in [0.2, 0.25) is 0 Å². The molecule has 0 aliphatic carbocycles. The first kappa shape index (κ1) is 13.3. The molecule has 0 aromatic heterocycles. The van der Waals surface area contributed by atoms with Gasteiger partial charge in [0.2, 0.25) is 0 Å². The lowest BCUT2D eigenvalue weighted by Crippen LogP contribution is -2.03. The van der Waals surface area contributed by atoms with E-state index in [-0.39, 0.29) is 6.10 Å². The highest BCUT2D eigenvalue weighted by atomic mass is 32.2. The van der Waals surface area contributed by atoms with Crippen LogP contribution in [-0.4, -0.2) is 22.7 Å². The molecule has 0 aromatic carbocycles. The minimum atomic E-state index is -0.134. The highest BCUT2D eigenvalue weighted by molar-refractivity contribution is 7.99.